The molecular weight excluding hydrogens is 667 g/mol. The zero-order valence-corrected chi connectivity index (χ0v) is 29.9. The van der Waals surface area contributed by atoms with Crippen LogP contribution in [0.4, 0.5) is 0 Å². The summed E-state index contributed by atoms with van der Waals surface area (Å²) < 4.78 is 7.32. The smallest absolute Gasteiger partial charge is 0.0625 e. The molecule has 3 heteroatoms. The third-order valence-electron chi connectivity index (χ3n) is 11.6. The third kappa shape index (κ3) is 4.32. The predicted octanol–water partition coefficient (Wildman–Crippen LogP) is 13.8. The highest BCUT2D eigenvalue weighted by atomic mass is 15.0. The van der Waals surface area contributed by atoms with Gasteiger partial charge in [-0.2, -0.15) is 0 Å². The summed E-state index contributed by atoms with van der Waals surface area (Å²) in [6, 6.07) is 73.3. The van der Waals surface area contributed by atoms with E-state index in [1.54, 1.807) is 0 Å². The minimum Gasteiger partial charge on any atom is -0.309 e. The van der Waals surface area contributed by atoms with Crippen LogP contribution in [0.25, 0.3) is 104 Å². The zero-order valence-electron chi connectivity index (χ0n) is 29.9. The Bertz CT molecular complexity index is 3470. The Labute approximate surface area is 317 Å². The van der Waals surface area contributed by atoms with Crippen LogP contribution in [0.2, 0.25) is 0 Å². The van der Waals surface area contributed by atoms with Gasteiger partial charge in [-0.25, -0.2) is 0 Å². The molecule has 0 saturated carbocycles. The van der Waals surface area contributed by atoms with Gasteiger partial charge in [-0.3, -0.25) is 0 Å². The van der Waals surface area contributed by atoms with Crippen LogP contribution in [-0.2, 0) is 0 Å². The Morgan fingerprint density at radius 3 is 1.42 bits per heavy atom. The molecule has 0 saturated heterocycles. The van der Waals surface area contributed by atoms with Crippen LogP contribution in [-0.4, -0.2) is 13.7 Å². The van der Waals surface area contributed by atoms with Crippen molar-refractivity contribution in [3.63, 3.8) is 0 Å². The summed E-state index contributed by atoms with van der Waals surface area (Å²) in [5, 5.41) is 9.97. The van der Waals surface area contributed by atoms with Crippen molar-refractivity contribution in [3.8, 4) is 28.2 Å². The molecule has 0 atom stereocenters. The molecule has 3 aromatic heterocycles. The van der Waals surface area contributed by atoms with Gasteiger partial charge in [0, 0.05) is 54.9 Å². The van der Waals surface area contributed by atoms with Crippen molar-refractivity contribution in [2.45, 2.75) is 0 Å². The third-order valence-corrected chi connectivity index (χ3v) is 11.6. The molecule has 12 rings (SSSR count). The van der Waals surface area contributed by atoms with Crippen molar-refractivity contribution in [3.05, 3.63) is 200 Å². The van der Waals surface area contributed by atoms with E-state index in [0.29, 0.717) is 0 Å². The molecule has 0 bridgehead atoms. The van der Waals surface area contributed by atoms with Crippen LogP contribution in [0.1, 0.15) is 0 Å². The number of rotatable bonds is 4. The van der Waals surface area contributed by atoms with E-state index in [4.69, 9.17) is 0 Å². The number of hydrogen-bond donors (Lipinski definition) is 0. The fourth-order valence-electron chi connectivity index (χ4n) is 9.29. The highest BCUT2D eigenvalue weighted by molar-refractivity contribution is 6.22. The monoisotopic (exact) mass is 699 g/mol. The molecule has 256 valence electrons. The molecule has 0 N–H and O–H groups in total. The Hall–Kier alpha value is -7.36. The minimum absolute atomic E-state index is 1.14. The molecule has 3 nitrogen and oxygen atoms in total. The molecule has 0 spiro atoms. The number of aromatic nitrogens is 3. The Balaban J connectivity index is 1.21. The van der Waals surface area contributed by atoms with E-state index in [2.05, 4.69) is 214 Å². The molecule has 0 unspecified atom stereocenters. The van der Waals surface area contributed by atoms with E-state index in [9.17, 15) is 0 Å². The first kappa shape index (κ1) is 30.1. The van der Waals surface area contributed by atoms with Crippen LogP contribution in [0.3, 0.4) is 0 Å². The number of hydrogen-bond acceptors (Lipinski definition) is 0. The second kappa shape index (κ2) is 11.6. The zero-order chi connectivity index (χ0) is 36.0. The van der Waals surface area contributed by atoms with Gasteiger partial charge in [0.25, 0.3) is 0 Å². The summed E-state index contributed by atoms with van der Waals surface area (Å²) in [5.74, 6) is 0. The number of fused-ring (bicyclic) bond motifs is 10. The minimum atomic E-state index is 1.14. The van der Waals surface area contributed by atoms with Gasteiger partial charge in [0.15, 0.2) is 0 Å². The summed E-state index contributed by atoms with van der Waals surface area (Å²) in [6.45, 7) is 0. The summed E-state index contributed by atoms with van der Waals surface area (Å²) >= 11 is 0. The molecule has 9 aromatic carbocycles. The molecular formula is C52H33N3. The molecule has 0 aliphatic heterocycles. The van der Waals surface area contributed by atoms with Crippen molar-refractivity contribution in [2.75, 3.05) is 0 Å². The van der Waals surface area contributed by atoms with E-state index in [0.717, 1.165) is 17.1 Å². The maximum atomic E-state index is 2.51. The number of nitrogens with zero attached hydrogens (tertiary/aromatic N) is 3. The van der Waals surface area contributed by atoms with E-state index < -0.39 is 0 Å². The first-order chi connectivity index (χ1) is 27.3. The van der Waals surface area contributed by atoms with Gasteiger partial charge >= 0.3 is 0 Å². The second-order valence-corrected chi connectivity index (χ2v) is 14.5. The van der Waals surface area contributed by atoms with Gasteiger partial charge in [-0.1, -0.05) is 127 Å². The maximum absolute atomic E-state index is 2.51. The summed E-state index contributed by atoms with van der Waals surface area (Å²) in [5.41, 5.74) is 13.1. The van der Waals surface area contributed by atoms with Gasteiger partial charge in [-0.05, 0) is 89.1 Å². The quantitative estimate of drug-likeness (QED) is 0.174. The summed E-state index contributed by atoms with van der Waals surface area (Å²) in [4.78, 5) is 0. The fraction of sp³-hybridized carbons (Fsp3) is 0. The normalized spacial score (nSPS) is 12.0. The van der Waals surface area contributed by atoms with Crippen molar-refractivity contribution < 1.29 is 0 Å². The average Bonchev–Trinajstić information content (AvgIpc) is 3.88. The Kier molecular flexibility index (Phi) is 6.34. The van der Waals surface area contributed by atoms with Crippen LogP contribution in [0.15, 0.2) is 200 Å². The van der Waals surface area contributed by atoms with Crippen LogP contribution in [0.5, 0.6) is 0 Å². The fourth-order valence-corrected chi connectivity index (χ4v) is 9.29. The van der Waals surface area contributed by atoms with E-state index >= 15 is 0 Å². The van der Waals surface area contributed by atoms with E-state index in [1.165, 1.54) is 87.3 Å². The highest BCUT2D eigenvalue weighted by Crippen LogP contribution is 2.45. The van der Waals surface area contributed by atoms with Crippen molar-refractivity contribution >= 4 is 76.2 Å². The molecule has 0 amide bonds. The molecule has 0 aliphatic rings. The lowest BCUT2D eigenvalue weighted by atomic mass is 9.93. The van der Waals surface area contributed by atoms with Crippen molar-refractivity contribution in [1.82, 2.24) is 13.7 Å². The van der Waals surface area contributed by atoms with Crippen molar-refractivity contribution in [1.29, 1.82) is 0 Å². The van der Waals surface area contributed by atoms with Gasteiger partial charge < -0.3 is 13.7 Å². The Morgan fingerprint density at radius 1 is 0.255 bits per heavy atom. The number of benzene rings is 9. The van der Waals surface area contributed by atoms with Gasteiger partial charge in [0.2, 0.25) is 0 Å². The highest BCUT2D eigenvalue weighted by Gasteiger charge is 2.22. The molecule has 0 aliphatic carbocycles. The largest absolute Gasteiger partial charge is 0.309 e. The molecule has 12 aromatic rings. The molecule has 0 radical (unpaired) electrons. The lowest BCUT2D eigenvalue weighted by Gasteiger charge is -2.16. The van der Waals surface area contributed by atoms with Crippen LogP contribution >= 0.6 is 0 Å². The van der Waals surface area contributed by atoms with Gasteiger partial charge in [0.05, 0.1) is 33.1 Å². The molecule has 55 heavy (non-hydrogen) atoms. The van der Waals surface area contributed by atoms with E-state index in [1.807, 2.05) is 0 Å². The number of para-hydroxylation sites is 5. The first-order valence-corrected chi connectivity index (χ1v) is 18.9. The van der Waals surface area contributed by atoms with Crippen LogP contribution in [0, 0.1) is 0 Å². The second-order valence-electron chi connectivity index (χ2n) is 14.5. The summed E-state index contributed by atoms with van der Waals surface area (Å²) in [7, 11) is 0. The van der Waals surface area contributed by atoms with Crippen molar-refractivity contribution in [2.24, 2.45) is 0 Å². The Morgan fingerprint density at radius 2 is 0.745 bits per heavy atom. The lowest BCUT2D eigenvalue weighted by molar-refractivity contribution is 1.16. The standard InChI is InChI=1S/C52H33N3/c1-3-16-36(17-4-1)53-47-25-13-10-22-41(47)44-32-35(27-30-49(44)53)51-39-20-8-7-15-34(39)31-45-42-23-11-14-26-48(42)55(52(45)51)38-28-29-43-40-21-9-12-24-46(40)54(50(43)33-38)37-18-5-2-6-19-37/h1-33H. The SMILES string of the molecule is c1ccc(-n2c3ccccc3c3cc(-c4c5ccccc5cc5c6ccccc6n(-c6ccc7c8ccccc8n(-c8ccccc8)c7c6)c45)ccc32)cc1. The average molecular weight is 700 g/mol. The van der Waals surface area contributed by atoms with Crippen LogP contribution < -0.4 is 0 Å². The van der Waals surface area contributed by atoms with E-state index in [-0.39, 0.29) is 0 Å². The lowest BCUT2D eigenvalue weighted by Crippen LogP contribution is -1.98. The maximum Gasteiger partial charge on any atom is 0.0625 e. The predicted molar refractivity (Wildman–Crippen MR) is 232 cm³/mol. The topological polar surface area (TPSA) is 14.8 Å². The summed E-state index contributed by atoms with van der Waals surface area (Å²) in [6.07, 6.45) is 0. The molecule has 3 heterocycles. The van der Waals surface area contributed by atoms with Gasteiger partial charge in [-0.15, -0.1) is 0 Å². The molecule has 0 fully saturated rings. The van der Waals surface area contributed by atoms with Gasteiger partial charge in [0.1, 0.15) is 0 Å². The first-order valence-electron chi connectivity index (χ1n) is 18.9.